The van der Waals surface area contributed by atoms with E-state index in [0.29, 0.717) is 9.26 Å². The van der Waals surface area contributed by atoms with E-state index in [1.165, 1.54) is 36.4 Å². The molecule has 2 aromatic rings. The first-order valence-electron chi connectivity index (χ1n) is 5.32. The first kappa shape index (κ1) is 15.3. The molecule has 2 rings (SSSR count). The number of halogens is 3. The first-order valence-corrected chi connectivity index (χ1v) is 8.26. The SMILES string of the molecule is Nc1cc(S(=O)(=O)Nc2ccc(F)cc2I)ccc1Cl. The van der Waals surface area contributed by atoms with Crippen LogP contribution in [0.4, 0.5) is 15.8 Å². The van der Waals surface area contributed by atoms with Gasteiger partial charge in [-0.3, -0.25) is 4.72 Å². The van der Waals surface area contributed by atoms with Crippen molar-refractivity contribution in [3.05, 3.63) is 50.8 Å². The lowest BCUT2D eigenvalue weighted by molar-refractivity contribution is 0.601. The van der Waals surface area contributed by atoms with Crippen LogP contribution in [0.5, 0.6) is 0 Å². The lowest BCUT2D eigenvalue weighted by atomic mass is 10.3. The van der Waals surface area contributed by atoms with Crippen molar-refractivity contribution >= 4 is 55.6 Å². The highest BCUT2D eigenvalue weighted by atomic mass is 127. The minimum Gasteiger partial charge on any atom is -0.397 e. The molecule has 8 heteroatoms. The zero-order chi connectivity index (χ0) is 14.9. The molecule has 0 spiro atoms. The lowest BCUT2D eigenvalue weighted by Gasteiger charge is -2.10. The van der Waals surface area contributed by atoms with Crippen molar-refractivity contribution in [3.8, 4) is 0 Å². The molecule has 0 aliphatic heterocycles. The van der Waals surface area contributed by atoms with Crippen molar-refractivity contribution in [1.82, 2.24) is 0 Å². The quantitative estimate of drug-likeness (QED) is 0.583. The summed E-state index contributed by atoms with van der Waals surface area (Å²) in [5.41, 5.74) is 6.05. The molecule has 0 radical (unpaired) electrons. The Morgan fingerprint density at radius 1 is 1.20 bits per heavy atom. The summed E-state index contributed by atoms with van der Waals surface area (Å²) < 4.78 is 40.2. The molecule has 3 N–H and O–H groups in total. The smallest absolute Gasteiger partial charge is 0.262 e. The lowest BCUT2D eigenvalue weighted by Crippen LogP contribution is -2.14. The predicted molar refractivity (Wildman–Crippen MR) is 85.8 cm³/mol. The summed E-state index contributed by atoms with van der Waals surface area (Å²) in [5.74, 6) is -0.437. The highest BCUT2D eigenvalue weighted by Gasteiger charge is 2.16. The Morgan fingerprint density at radius 3 is 2.50 bits per heavy atom. The van der Waals surface area contributed by atoms with Gasteiger partial charge >= 0.3 is 0 Å². The van der Waals surface area contributed by atoms with E-state index in [1.807, 2.05) is 22.6 Å². The van der Waals surface area contributed by atoms with E-state index >= 15 is 0 Å². The fourth-order valence-electron chi connectivity index (χ4n) is 1.46. The van der Waals surface area contributed by atoms with Gasteiger partial charge in [-0.15, -0.1) is 0 Å². The van der Waals surface area contributed by atoms with Crippen molar-refractivity contribution in [3.63, 3.8) is 0 Å². The number of nitrogens with one attached hydrogen (secondary N) is 1. The van der Waals surface area contributed by atoms with Crippen molar-refractivity contribution in [2.24, 2.45) is 0 Å². The van der Waals surface area contributed by atoms with Gasteiger partial charge in [-0.25, -0.2) is 12.8 Å². The molecule has 4 nitrogen and oxygen atoms in total. The Morgan fingerprint density at radius 2 is 1.90 bits per heavy atom. The zero-order valence-corrected chi connectivity index (χ0v) is 13.6. The average molecular weight is 427 g/mol. The third-order valence-corrected chi connectivity index (χ3v) is 5.05. The van der Waals surface area contributed by atoms with Gasteiger partial charge in [-0.1, -0.05) is 11.6 Å². The van der Waals surface area contributed by atoms with Crippen LogP contribution in [0.25, 0.3) is 0 Å². The third kappa shape index (κ3) is 3.33. The van der Waals surface area contributed by atoms with Crippen LogP contribution in [0.3, 0.4) is 0 Å². The molecular formula is C12H9ClFIN2O2S. The Labute approximate surface area is 134 Å². The molecule has 0 atom stereocenters. The normalized spacial score (nSPS) is 11.3. The topological polar surface area (TPSA) is 72.2 Å². The van der Waals surface area contributed by atoms with E-state index in [0.717, 1.165) is 0 Å². The highest BCUT2D eigenvalue weighted by Crippen LogP contribution is 2.26. The Balaban J connectivity index is 2.38. The van der Waals surface area contributed by atoms with Crippen LogP contribution >= 0.6 is 34.2 Å². The van der Waals surface area contributed by atoms with E-state index < -0.39 is 15.8 Å². The van der Waals surface area contributed by atoms with E-state index in [4.69, 9.17) is 17.3 Å². The van der Waals surface area contributed by atoms with Crippen molar-refractivity contribution in [1.29, 1.82) is 0 Å². The van der Waals surface area contributed by atoms with Crippen molar-refractivity contribution in [2.75, 3.05) is 10.5 Å². The predicted octanol–water partition coefficient (Wildman–Crippen LogP) is 3.47. The molecule has 0 fully saturated rings. The van der Waals surface area contributed by atoms with Crippen LogP contribution in [-0.2, 0) is 10.0 Å². The number of anilines is 2. The second-order valence-electron chi connectivity index (χ2n) is 3.91. The summed E-state index contributed by atoms with van der Waals surface area (Å²) in [6, 6.07) is 7.78. The Hall–Kier alpha value is -1.06. The molecule has 20 heavy (non-hydrogen) atoms. The second kappa shape index (κ2) is 5.74. The largest absolute Gasteiger partial charge is 0.397 e. The fourth-order valence-corrected chi connectivity index (χ4v) is 3.49. The van der Waals surface area contributed by atoms with Gasteiger partial charge in [-0.2, -0.15) is 0 Å². The molecule has 0 aliphatic rings. The van der Waals surface area contributed by atoms with Gasteiger partial charge in [0.25, 0.3) is 10.0 Å². The Kier molecular flexibility index (Phi) is 4.40. The van der Waals surface area contributed by atoms with E-state index in [1.54, 1.807) is 0 Å². The summed E-state index contributed by atoms with van der Waals surface area (Å²) in [6.45, 7) is 0. The maximum atomic E-state index is 13.0. The maximum Gasteiger partial charge on any atom is 0.262 e. The summed E-state index contributed by atoms with van der Waals surface area (Å²) in [7, 11) is -3.80. The van der Waals surface area contributed by atoms with Crippen LogP contribution in [0.1, 0.15) is 0 Å². The third-order valence-electron chi connectivity index (χ3n) is 2.45. The molecule has 0 aliphatic carbocycles. The van der Waals surface area contributed by atoms with Gasteiger partial charge in [-0.05, 0) is 59.0 Å². The number of sulfonamides is 1. The first-order chi connectivity index (χ1) is 9.29. The number of nitrogens with two attached hydrogens (primary N) is 1. The molecule has 0 unspecified atom stereocenters. The zero-order valence-electron chi connectivity index (χ0n) is 9.90. The number of rotatable bonds is 3. The van der Waals surface area contributed by atoms with E-state index in [-0.39, 0.29) is 15.6 Å². The van der Waals surface area contributed by atoms with Gasteiger partial charge in [0.2, 0.25) is 0 Å². The number of nitrogen functional groups attached to an aromatic ring is 1. The summed E-state index contributed by atoms with van der Waals surface area (Å²) in [6.07, 6.45) is 0. The average Bonchev–Trinajstić information content (AvgIpc) is 2.36. The maximum absolute atomic E-state index is 13.0. The van der Waals surface area contributed by atoms with Crippen LogP contribution in [0, 0.1) is 9.39 Å². The van der Waals surface area contributed by atoms with Gasteiger partial charge in [0.15, 0.2) is 0 Å². The molecular weight excluding hydrogens is 418 g/mol. The summed E-state index contributed by atoms with van der Waals surface area (Å²) in [4.78, 5) is -0.0143. The van der Waals surface area contributed by atoms with Gasteiger partial charge in [0.05, 0.1) is 21.3 Å². The van der Waals surface area contributed by atoms with Crippen LogP contribution in [0.2, 0.25) is 5.02 Å². The number of hydrogen-bond donors (Lipinski definition) is 2. The number of benzene rings is 2. The Bertz CT molecular complexity index is 768. The van der Waals surface area contributed by atoms with E-state index in [2.05, 4.69) is 4.72 Å². The van der Waals surface area contributed by atoms with Crippen molar-refractivity contribution < 1.29 is 12.8 Å². The van der Waals surface area contributed by atoms with E-state index in [9.17, 15) is 12.8 Å². The van der Waals surface area contributed by atoms with Gasteiger partial charge in [0, 0.05) is 3.57 Å². The molecule has 2 aromatic carbocycles. The molecule has 0 heterocycles. The van der Waals surface area contributed by atoms with Crippen molar-refractivity contribution in [2.45, 2.75) is 4.90 Å². The van der Waals surface area contributed by atoms with Crippen LogP contribution < -0.4 is 10.5 Å². The minimum absolute atomic E-state index is 0.0143. The highest BCUT2D eigenvalue weighted by molar-refractivity contribution is 14.1. The van der Waals surface area contributed by atoms with Crippen LogP contribution in [0.15, 0.2) is 41.3 Å². The van der Waals surface area contributed by atoms with Gasteiger partial charge < -0.3 is 5.73 Å². The van der Waals surface area contributed by atoms with Crippen LogP contribution in [-0.4, -0.2) is 8.42 Å². The molecule has 0 saturated carbocycles. The monoisotopic (exact) mass is 426 g/mol. The summed E-state index contributed by atoms with van der Waals surface area (Å²) >= 11 is 7.60. The molecule has 0 bridgehead atoms. The molecule has 106 valence electrons. The summed E-state index contributed by atoms with van der Waals surface area (Å²) in [5, 5.41) is 0.278. The molecule has 0 amide bonds. The standard InChI is InChI=1S/C12H9ClFIN2O2S/c13-9-3-2-8(6-11(9)16)20(18,19)17-12-4-1-7(14)5-10(12)15/h1-6,17H,16H2. The van der Waals surface area contributed by atoms with Gasteiger partial charge in [0.1, 0.15) is 5.82 Å². The molecule has 0 aromatic heterocycles. The second-order valence-corrected chi connectivity index (χ2v) is 7.16. The number of hydrogen-bond acceptors (Lipinski definition) is 3. The fraction of sp³-hybridized carbons (Fsp3) is 0. The molecule has 0 saturated heterocycles. The minimum atomic E-state index is -3.80.